The van der Waals surface area contributed by atoms with Crippen molar-refractivity contribution in [2.75, 3.05) is 29.5 Å². The molecule has 2 aliphatic carbocycles. The molecule has 0 amide bonds. The highest BCUT2D eigenvalue weighted by Crippen LogP contribution is 2.51. The molecule has 1 aliphatic heterocycles. The number of nitrogens with zero attached hydrogens (tertiary/aromatic N) is 3. The van der Waals surface area contributed by atoms with Crippen LogP contribution in [0, 0.1) is 22.7 Å². The van der Waals surface area contributed by atoms with Crippen molar-refractivity contribution in [1.29, 1.82) is 5.26 Å². The van der Waals surface area contributed by atoms with Gasteiger partial charge in [0.25, 0.3) is 0 Å². The minimum absolute atomic E-state index is 0.0358. The number of hydrogen-bond acceptors (Lipinski definition) is 8. The zero-order chi connectivity index (χ0) is 31.1. The van der Waals surface area contributed by atoms with Gasteiger partial charge in [0.2, 0.25) is 5.89 Å². The molecule has 2 saturated carbocycles. The number of ether oxygens (including phenoxy) is 1. The van der Waals surface area contributed by atoms with Crippen molar-refractivity contribution < 1.29 is 35.5 Å². The highest BCUT2D eigenvalue weighted by molar-refractivity contribution is 7.91. The molecular weight excluding hydrogens is 595 g/mol. The third-order valence-corrected chi connectivity index (χ3v) is 10.5. The van der Waals surface area contributed by atoms with E-state index in [2.05, 4.69) is 10.8 Å². The van der Waals surface area contributed by atoms with Crippen LogP contribution in [0.4, 0.5) is 18.9 Å². The molecule has 2 heterocycles. The molecule has 0 bridgehead atoms. The van der Waals surface area contributed by atoms with Gasteiger partial charge in [-0.1, -0.05) is 31.0 Å². The van der Waals surface area contributed by atoms with E-state index in [-0.39, 0.29) is 41.4 Å². The van der Waals surface area contributed by atoms with Crippen LogP contribution in [-0.2, 0) is 14.6 Å². The smallest absolute Gasteiger partial charge is 0.440 e. The van der Waals surface area contributed by atoms with Crippen LogP contribution >= 0.6 is 0 Å². The van der Waals surface area contributed by atoms with E-state index >= 15 is 0 Å². The van der Waals surface area contributed by atoms with E-state index in [0.717, 1.165) is 31.4 Å². The summed E-state index contributed by atoms with van der Waals surface area (Å²) in [7, 11) is -3.03. The number of anilines is 1. The lowest BCUT2D eigenvalue weighted by Crippen LogP contribution is -2.40. The molecule has 0 N–H and O–H groups in total. The normalized spacial score (nSPS) is 22.6. The van der Waals surface area contributed by atoms with Crippen molar-refractivity contribution in [3.05, 3.63) is 54.3 Å². The van der Waals surface area contributed by atoms with E-state index in [1.54, 1.807) is 6.07 Å². The third kappa shape index (κ3) is 6.62. The van der Waals surface area contributed by atoms with Crippen molar-refractivity contribution in [3.8, 4) is 34.5 Å². The maximum atomic E-state index is 13.6. The first-order valence-electron chi connectivity index (χ1n) is 14.8. The maximum absolute atomic E-state index is 13.6. The third-order valence-electron chi connectivity index (χ3n) is 8.94. The molecule has 6 rings (SSSR count). The molecule has 0 spiro atoms. The second-order valence-electron chi connectivity index (χ2n) is 12.0. The fraction of sp³-hybridized carbons (Fsp3) is 0.469. The summed E-state index contributed by atoms with van der Waals surface area (Å²) < 4.78 is 73.0. The highest BCUT2D eigenvalue weighted by Gasteiger charge is 2.47. The van der Waals surface area contributed by atoms with E-state index in [1.165, 1.54) is 18.2 Å². The lowest BCUT2D eigenvalue weighted by Gasteiger charge is -2.30. The number of halogens is 3. The topological polar surface area (TPSA) is 114 Å². The Kier molecular flexibility index (Phi) is 7.94. The van der Waals surface area contributed by atoms with Gasteiger partial charge >= 0.3 is 6.36 Å². The van der Waals surface area contributed by atoms with Crippen LogP contribution < -0.4 is 9.64 Å². The van der Waals surface area contributed by atoms with Gasteiger partial charge in [-0.25, -0.2) is 13.4 Å². The molecule has 44 heavy (non-hydrogen) atoms. The van der Waals surface area contributed by atoms with Crippen LogP contribution in [0.5, 0.6) is 5.75 Å². The van der Waals surface area contributed by atoms with Crippen LogP contribution in [0.3, 0.4) is 0 Å². The quantitative estimate of drug-likeness (QED) is 0.272. The fourth-order valence-corrected chi connectivity index (χ4v) is 7.52. The van der Waals surface area contributed by atoms with Crippen LogP contribution in [0.2, 0.25) is 0 Å². The van der Waals surface area contributed by atoms with Gasteiger partial charge < -0.3 is 14.1 Å². The number of nitriles is 1. The first-order chi connectivity index (χ1) is 20.9. The van der Waals surface area contributed by atoms with E-state index in [4.69, 9.17) is 9.40 Å². The van der Waals surface area contributed by atoms with Crippen molar-refractivity contribution in [2.45, 2.75) is 57.2 Å². The minimum atomic E-state index is -4.86. The number of sulfone groups is 1. The maximum Gasteiger partial charge on any atom is 0.573 e. The number of ketones is 1. The monoisotopic (exact) mass is 627 g/mol. The highest BCUT2D eigenvalue weighted by atomic mass is 32.2. The molecule has 12 heteroatoms. The molecule has 8 nitrogen and oxygen atoms in total. The van der Waals surface area contributed by atoms with Gasteiger partial charge in [-0.15, -0.1) is 13.2 Å². The van der Waals surface area contributed by atoms with Crippen molar-refractivity contribution in [1.82, 2.24) is 4.98 Å². The predicted octanol–water partition coefficient (Wildman–Crippen LogP) is 6.68. The van der Waals surface area contributed by atoms with Crippen LogP contribution in [0.1, 0.15) is 56.6 Å². The zero-order valence-corrected chi connectivity index (χ0v) is 24.8. The second-order valence-corrected chi connectivity index (χ2v) is 14.3. The van der Waals surface area contributed by atoms with Crippen LogP contribution in [-0.4, -0.2) is 50.1 Å². The summed E-state index contributed by atoms with van der Waals surface area (Å²) in [5.74, 6) is -0.235. The summed E-state index contributed by atoms with van der Waals surface area (Å²) in [6.45, 7) is 0.793. The summed E-state index contributed by atoms with van der Waals surface area (Å²) in [5.41, 5.74) is 1.80. The molecule has 3 aromatic rings. The van der Waals surface area contributed by atoms with Gasteiger partial charge in [0.05, 0.1) is 23.0 Å². The lowest BCUT2D eigenvalue weighted by atomic mass is 9.73. The van der Waals surface area contributed by atoms with E-state index in [1.807, 2.05) is 29.2 Å². The van der Waals surface area contributed by atoms with E-state index in [9.17, 15) is 31.6 Å². The fourth-order valence-electron chi connectivity index (χ4n) is 6.31. The Morgan fingerprint density at radius 3 is 2.43 bits per heavy atom. The Morgan fingerprint density at radius 1 is 1.07 bits per heavy atom. The molecular formula is C32H32F3N3O5S. The van der Waals surface area contributed by atoms with Crippen LogP contribution in [0.25, 0.3) is 22.7 Å². The number of hydrogen-bond donors (Lipinski definition) is 0. The standard InChI is InChI=1S/C32H32F3N3O5S/c33-32(34,35)43-24-5-3-4-22(18-24)30-37-28(21-8-10-23(11-9-21)38-14-16-44(40,41)17-15-38)29(42-30)26-7-2-1-6-25(26)27(39)19-31(20-36)12-13-31/h3-5,8-11,18,25-26H,1-2,6-7,12-17,19H2/t25-,26-/m1/s1. The largest absolute Gasteiger partial charge is 0.573 e. The Balaban J connectivity index is 1.36. The van der Waals surface area contributed by atoms with Gasteiger partial charge in [-0.05, 0) is 56.0 Å². The van der Waals surface area contributed by atoms with Gasteiger partial charge in [0.15, 0.2) is 9.84 Å². The number of Topliss-reactive ketones (excluding diaryl/α,β-unsaturated/α-hetero) is 1. The molecule has 3 aliphatic rings. The summed E-state index contributed by atoms with van der Waals surface area (Å²) >= 11 is 0. The van der Waals surface area contributed by atoms with Crippen molar-refractivity contribution >= 4 is 21.3 Å². The number of benzene rings is 2. The molecule has 2 aromatic carbocycles. The molecule has 232 valence electrons. The van der Waals surface area contributed by atoms with E-state index in [0.29, 0.717) is 48.5 Å². The number of oxazole rings is 1. The molecule has 1 saturated heterocycles. The van der Waals surface area contributed by atoms with Gasteiger partial charge in [0, 0.05) is 48.2 Å². The van der Waals surface area contributed by atoms with Crippen molar-refractivity contribution in [3.63, 3.8) is 0 Å². The summed E-state index contributed by atoms with van der Waals surface area (Å²) in [6, 6.07) is 15.2. The number of carbonyl (C=O) groups excluding carboxylic acids is 1. The second kappa shape index (κ2) is 11.6. The van der Waals surface area contributed by atoms with Gasteiger partial charge in [0.1, 0.15) is 23.0 Å². The van der Waals surface area contributed by atoms with Crippen LogP contribution in [0.15, 0.2) is 52.9 Å². The molecule has 3 fully saturated rings. The van der Waals surface area contributed by atoms with Crippen molar-refractivity contribution in [2.24, 2.45) is 11.3 Å². The molecule has 1 aromatic heterocycles. The van der Waals surface area contributed by atoms with E-state index < -0.39 is 27.4 Å². The first kappa shape index (κ1) is 30.2. The first-order valence-corrected chi connectivity index (χ1v) is 16.6. The molecule has 2 atom stereocenters. The lowest BCUT2D eigenvalue weighted by molar-refractivity contribution is -0.274. The zero-order valence-electron chi connectivity index (χ0n) is 24.0. The number of alkyl halides is 3. The Labute approximate surface area is 253 Å². The summed E-state index contributed by atoms with van der Waals surface area (Å²) in [4.78, 5) is 20.3. The number of carbonyl (C=O) groups is 1. The van der Waals surface area contributed by atoms with Gasteiger partial charge in [-0.3, -0.25) is 4.79 Å². The predicted molar refractivity (Wildman–Crippen MR) is 157 cm³/mol. The average Bonchev–Trinajstić information content (AvgIpc) is 3.62. The minimum Gasteiger partial charge on any atom is -0.440 e. The average molecular weight is 628 g/mol. The number of rotatable bonds is 8. The van der Waals surface area contributed by atoms with Gasteiger partial charge in [-0.2, -0.15) is 5.26 Å². The Hall–Kier alpha value is -3.85. The summed E-state index contributed by atoms with van der Waals surface area (Å²) in [5, 5.41) is 9.60. The Bertz CT molecular complexity index is 1680. The molecule has 0 radical (unpaired) electrons. The number of aromatic nitrogens is 1. The SMILES string of the molecule is N#CC1(CC(=O)[C@@H]2CCCC[C@H]2c2oc(-c3cccc(OC(F)(F)F)c3)nc2-c2ccc(N3CCS(=O)(=O)CC3)cc2)CC1. The summed E-state index contributed by atoms with van der Waals surface area (Å²) in [6.07, 6.45) is -0.131. The Morgan fingerprint density at radius 2 is 1.77 bits per heavy atom. The molecule has 0 unspecified atom stereocenters.